The van der Waals surface area contributed by atoms with Gasteiger partial charge in [-0.3, -0.25) is 9.69 Å². The van der Waals surface area contributed by atoms with Gasteiger partial charge >= 0.3 is 0 Å². The molecule has 0 radical (unpaired) electrons. The number of sulfone groups is 1. The van der Waals surface area contributed by atoms with E-state index in [9.17, 15) is 13.2 Å². The van der Waals surface area contributed by atoms with Crippen LogP contribution in [0.3, 0.4) is 0 Å². The third-order valence-corrected chi connectivity index (χ3v) is 7.38. The molecule has 0 aromatic carbocycles. The van der Waals surface area contributed by atoms with Crippen LogP contribution in [-0.2, 0) is 21.2 Å². The number of amides is 1. The molecule has 2 aliphatic heterocycles. The van der Waals surface area contributed by atoms with Crippen molar-refractivity contribution < 1.29 is 17.6 Å². The number of fused-ring (bicyclic) bond motifs is 1. The normalized spacial score (nSPS) is 30.1. The van der Waals surface area contributed by atoms with Crippen molar-refractivity contribution in [2.45, 2.75) is 44.8 Å². The molecule has 6 nitrogen and oxygen atoms in total. The molecule has 0 bridgehead atoms. The molecule has 0 N–H and O–H groups in total. The zero-order chi connectivity index (χ0) is 16.9. The Morgan fingerprint density at radius 1 is 1.21 bits per heavy atom. The summed E-state index contributed by atoms with van der Waals surface area (Å²) in [6, 6.07) is 3.56. The number of furan rings is 1. The maximum atomic E-state index is 12.7. The number of carbonyl (C=O) groups excluding carboxylic acids is 1. The first-order chi connectivity index (χ1) is 11.4. The molecule has 0 unspecified atom stereocenters. The fourth-order valence-corrected chi connectivity index (χ4v) is 6.17. The van der Waals surface area contributed by atoms with Crippen molar-refractivity contribution in [1.82, 2.24) is 9.80 Å². The molecule has 3 aliphatic rings. The Morgan fingerprint density at radius 2 is 1.96 bits per heavy atom. The molecular formula is C17H24N2O4S. The summed E-state index contributed by atoms with van der Waals surface area (Å²) < 4.78 is 30.1. The van der Waals surface area contributed by atoms with Crippen LogP contribution < -0.4 is 0 Å². The first-order valence-corrected chi connectivity index (χ1v) is 10.6. The van der Waals surface area contributed by atoms with E-state index in [4.69, 9.17) is 4.42 Å². The van der Waals surface area contributed by atoms with E-state index < -0.39 is 9.84 Å². The van der Waals surface area contributed by atoms with Gasteiger partial charge in [0.2, 0.25) is 5.91 Å². The highest BCUT2D eigenvalue weighted by atomic mass is 32.2. The van der Waals surface area contributed by atoms with Crippen LogP contribution in [-0.4, -0.2) is 60.8 Å². The van der Waals surface area contributed by atoms with Gasteiger partial charge in [-0.2, -0.15) is 0 Å². The van der Waals surface area contributed by atoms with Gasteiger partial charge < -0.3 is 9.32 Å². The molecule has 0 spiro atoms. The van der Waals surface area contributed by atoms with Crippen molar-refractivity contribution in [1.29, 1.82) is 0 Å². The van der Waals surface area contributed by atoms with E-state index >= 15 is 0 Å². The van der Waals surface area contributed by atoms with E-state index in [0.29, 0.717) is 19.6 Å². The van der Waals surface area contributed by atoms with E-state index in [1.807, 2.05) is 24.0 Å². The van der Waals surface area contributed by atoms with E-state index in [-0.39, 0.29) is 35.4 Å². The third-order valence-electron chi connectivity index (χ3n) is 5.68. The SMILES string of the molecule is Cc1ccc(CN2CCN(C(=O)C3CCC3)[C@@H]3CS(=O)(=O)C[C@@H]32)o1. The van der Waals surface area contributed by atoms with Gasteiger partial charge in [0.1, 0.15) is 11.5 Å². The topological polar surface area (TPSA) is 70.8 Å². The maximum Gasteiger partial charge on any atom is 0.226 e. The Hall–Kier alpha value is -1.34. The monoisotopic (exact) mass is 352 g/mol. The summed E-state index contributed by atoms with van der Waals surface area (Å²) >= 11 is 0. The second-order valence-electron chi connectivity index (χ2n) is 7.35. The third kappa shape index (κ3) is 2.88. The summed E-state index contributed by atoms with van der Waals surface area (Å²) in [5.41, 5.74) is 0. The largest absolute Gasteiger partial charge is 0.465 e. The number of nitrogens with zero attached hydrogens (tertiary/aromatic N) is 2. The Balaban J connectivity index is 1.54. The van der Waals surface area contributed by atoms with Gasteiger partial charge in [-0.05, 0) is 31.9 Å². The Kier molecular flexibility index (Phi) is 3.95. The van der Waals surface area contributed by atoms with Crippen molar-refractivity contribution in [3.8, 4) is 0 Å². The minimum absolute atomic E-state index is 0.101. The molecule has 7 heteroatoms. The molecule has 1 amide bonds. The first-order valence-electron chi connectivity index (χ1n) is 8.73. The minimum Gasteiger partial charge on any atom is -0.465 e. The Morgan fingerprint density at radius 3 is 2.58 bits per heavy atom. The van der Waals surface area contributed by atoms with Gasteiger partial charge in [-0.25, -0.2) is 8.42 Å². The average molecular weight is 352 g/mol. The molecule has 1 saturated carbocycles. The van der Waals surface area contributed by atoms with Crippen molar-refractivity contribution in [2.24, 2.45) is 5.92 Å². The number of piperazine rings is 1. The fourth-order valence-electron chi connectivity index (χ4n) is 4.15. The first kappa shape index (κ1) is 16.1. The van der Waals surface area contributed by atoms with Crippen LogP contribution in [0.2, 0.25) is 0 Å². The zero-order valence-electron chi connectivity index (χ0n) is 14.0. The Labute approximate surface area is 142 Å². The zero-order valence-corrected chi connectivity index (χ0v) is 14.8. The highest BCUT2D eigenvalue weighted by molar-refractivity contribution is 7.91. The summed E-state index contributed by atoms with van der Waals surface area (Å²) in [5.74, 6) is 2.25. The lowest BCUT2D eigenvalue weighted by Crippen LogP contribution is -2.61. The van der Waals surface area contributed by atoms with E-state index in [2.05, 4.69) is 4.90 Å². The van der Waals surface area contributed by atoms with Crippen molar-refractivity contribution in [2.75, 3.05) is 24.6 Å². The highest BCUT2D eigenvalue weighted by Crippen LogP contribution is 2.34. The molecule has 1 aliphatic carbocycles. The molecule has 2 saturated heterocycles. The van der Waals surface area contributed by atoms with Crippen molar-refractivity contribution >= 4 is 15.7 Å². The number of carbonyl (C=O) groups is 1. The lowest BCUT2D eigenvalue weighted by molar-refractivity contribution is -0.144. The second kappa shape index (κ2) is 5.88. The summed E-state index contributed by atoms with van der Waals surface area (Å²) in [6.45, 7) is 3.83. The van der Waals surface area contributed by atoms with Crippen LogP contribution in [0.4, 0.5) is 0 Å². The molecule has 3 fully saturated rings. The molecule has 2 atom stereocenters. The summed E-state index contributed by atoms with van der Waals surface area (Å²) in [7, 11) is -3.10. The molecule has 4 rings (SSSR count). The number of aryl methyl sites for hydroxylation is 1. The molecule has 1 aromatic heterocycles. The predicted octanol–water partition coefficient (Wildman–Crippen LogP) is 1.20. The number of hydrogen-bond acceptors (Lipinski definition) is 5. The second-order valence-corrected chi connectivity index (χ2v) is 9.51. The standard InChI is InChI=1S/C17H24N2O4S/c1-12-5-6-14(23-12)9-18-7-8-19(17(20)13-3-2-4-13)16-11-24(21,22)10-15(16)18/h5-6,13,15-16H,2-4,7-11H2,1H3/t15-,16+/m0/s1. The smallest absolute Gasteiger partial charge is 0.226 e. The summed E-state index contributed by atoms with van der Waals surface area (Å²) in [5, 5.41) is 0. The number of hydrogen-bond donors (Lipinski definition) is 0. The van der Waals surface area contributed by atoms with Crippen LogP contribution in [0.1, 0.15) is 30.8 Å². The van der Waals surface area contributed by atoms with Crippen molar-refractivity contribution in [3.63, 3.8) is 0 Å². The molecule has 24 heavy (non-hydrogen) atoms. The Bertz CT molecular complexity index is 738. The van der Waals surface area contributed by atoms with Crippen molar-refractivity contribution in [3.05, 3.63) is 23.7 Å². The lowest BCUT2D eigenvalue weighted by atomic mass is 9.83. The van der Waals surface area contributed by atoms with Gasteiger partial charge in [0.25, 0.3) is 0 Å². The maximum absolute atomic E-state index is 12.7. The average Bonchev–Trinajstić information content (AvgIpc) is 2.99. The van der Waals surface area contributed by atoms with E-state index in [0.717, 1.165) is 30.8 Å². The minimum atomic E-state index is -3.10. The van der Waals surface area contributed by atoms with Crippen LogP contribution >= 0.6 is 0 Å². The van der Waals surface area contributed by atoms with Crippen LogP contribution in [0.5, 0.6) is 0 Å². The van der Waals surface area contributed by atoms with Crippen LogP contribution in [0, 0.1) is 12.8 Å². The predicted molar refractivity (Wildman–Crippen MR) is 89.1 cm³/mol. The summed E-state index contributed by atoms with van der Waals surface area (Å²) in [4.78, 5) is 16.7. The van der Waals surface area contributed by atoms with Gasteiger partial charge in [-0.15, -0.1) is 0 Å². The van der Waals surface area contributed by atoms with E-state index in [1.165, 1.54) is 0 Å². The van der Waals surface area contributed by atoms with Crippen LogP contribution in [0.15, 0.2) is 16.5 Å². The summed E-state index contributed by atoms with van der Waals surface area (Å²) in [6.07, 6.45) is 3.02. The van der Waals surface area contributed by atoms with Gasteiger partial charge in [-0.1, -0.05) is 6.42 Å². The van der Waals surface area contributed by atoms with Gasteiger partial charge in [0.15, 0.2) is 9.84 Å². The number of rotatable bonds is 3. The van der Waals surface area contributed by atoms with E-state index in [1.54, 1.807) is 0 Å². The molecule has 3 heterocycles. The van der Waals surface area contributed by atoms with Gasteiger partial charge in [0.05, 0.1) is 24.1 Å². The molecule has 132 valence electrons. The molecular weight excluding hydrogens is 328 g/mol. The molecule has 1 aromatic rings. The lowest BCUT2D eigenvalue weighted by Gasteiger charge is -2.45. The highest BCUT2D eigenvalue weighted by Gasteiger charge is 2.49. The fraction of sp³-hybridized carbons (Fsp3) is 0.706. The van der Waals surface area contributed by atoms with Gasteiger partial charge in [0, 0.05) is 25.0 Å². The quantitative estimate of drug-likeness (QED) is 0.817. The van der Waals surface area contributed by atoms with Crippen LogP contribution in [0.25, 0.3) is 0 Å².